The van der Waals surface area contributed by atoms with Crippen molar-refractivity contribution in [3.8, 4) is 17.1 Å². The Bertz CT molecular complexity index is 639. The lowest BCUT2D eigenvalue weighted by Crippen LogP contribution is -2.50. The fraction of sp³-hybridized carbons (Fsp3) is 0.467. The van der Waals surface area contributed by atoms with Crippen molar-refractivity contribution in [2.75, 3.05) is 11.4 Å². The van der Waals surface area contributed by atoms with E-state index >= 15 is 0 Å². The Morgan fingerprint density at radius 3 is 3.00 bits per heavy atom. The van der Waals surface area contributed by atoms with Crippen molar-refractivity contribution in [3.63, 3.8) is 0 Å². The third kappa shape index (κ3) is 2.58. The summed E-state index contributed by atoms with van der Waals surface area (Å²) in [5.41, 5.74) is 8.03. The molecule has 6 nitrogen and oxygen atoms in total. The van der Waals surface area contributed by atoms with Crippen LogP contribution in [0.4, 0.5) is 5.95 Å². The Kier molecular flexibility index (Phi) is 3.55. The van der Waals surface area contributed by atoms with Gasteiger partial charge in [0.25, 0.3) is 0 Å². The van der Waals surface area contributed by atoms with Gasteiger partial charge in [0.1, 0.15) is 5.75 Å². The Morgan fingerprint density at radius 1 is 1.43 bits per heavy atom. The maximum atomic E-state index is 9.49. The third-order valence-corrected chi connectivity index (χ3v) is 4.24. The molecule has 0 aliphatic carbocycles. The molecule has 2 heterocycles. The summed E-state index contributed by atoms with van der Waals surface area (Å²) in [6, 6.07) is 5.63. The number of aryl methyl sites for hydroxylation is 1. The number of hydrogen-bond donors (Lipinski definition) is 3. The molecule has 0 spiro atoms. The second-order valence-corrected chi connectivity index (χ2v) is 5.72. The number of rotatable bonds is 2. The van der Waals surface area contributed by atoms with E-state index in [0.29, 0.717) is 11.8 Å². The summed E-state index contributed by atoms with van der Waals surface area (Å²) >= 11 is 0. The molecule has 1 aliphatic rings. The van der Waals surface area contributed by atoms with Crippen molar-refractivity contribution >= 4 is 5.95 Å². The van der Waals surface area contributed by atoms with Gasteiger partial charge in [0.2, 0.25) is 5.95 Å². The van der Waals surface area contributed by atoms with E-state index in [9.17, 15) is 5.11 Å². The van der Waals surface area contributed by atoms with E-state index in [1.165, 1.54) is 0 Å². The van der Waals surface area contributed by atoms with Crippen LogP contribution >= 0.6 is 0 Å². The van der Waals surface area contributed by atoms with Gasteiger partial charge in [-0.25, -0.2) is 0 Å². The molecular formula is C15H21N5O. The first-order valence-corrected chi connectivity index (χ1v) is 7.31. The number of benzene rings is 1. The monoisotopic (exact) mass is 287 g/mol. The highest BCUT2D eigenvalue weighted by molar-refractivity contribution is 5.62. The van der Waals surface area contributed by atoms with Crippen LogP contribution < -0.4 is 10.6 Å². The zero-order valence-corrected chi connectivity index (χ0v) is 12.4. The summed E-state index contributed by atoms with van der Waals surface area (Å²) < 4.78 is 0. The molecule has 2 atom stereocenters. The standard InChI is InChI=1S/C15H21N5O/c1-9-8-11(21)5-6-12(9)14-17-15(19-18-14)20-7-3-4-13(16)10(20)2/h5-6,8,10,13,21H,3-4,7,16H2,1-2H3,(H,17,18,19). The molecule has 0 radical (unpaired) electrons. The van der Waals surface area contributed by atoms with Gasteiger partial charge in [-0.05, 0) is 50.5 Å². The van der Waals surface area contributed by atoms with E-state index in [1.54, 1.807) is 12.1 Å². The summed E-state index contributed by atoms with van der Waals surface area (Å²) in [5.74, 6) is 1.67. The average Bonchev–Trinajstić information content (AvgIpc) is 2.91. The van der Waals surface area contributed by atoms with Gasteiger partial charge in [-0.1, -0.05) is 0 Å². The number of phenolic OH excluding ortho intramolecular Hbond substituents is 1. The third-order valence-electron chi connectivity index (χ3n) is 4.24. The highest BCUT2D eigenvalue weighted by Gasteiger charge is 2.27. The summed E-state index contributed by atoms with van der Waals surface area (Å²) in [6.45, 7) is 4.99. The van der Waals surface area contributed by atoms with E-state index in [-0.39, 0.29) is 17.8 Å². The van der Waals surface area contributed by atoms with Gasteiger partial charge in [-0.3, -0.25) is 5.10 Å². The zero-order valence-electron chi connectivity index (χ0n) is 12.4. The fourth-order valence-electron chi connectivity index (χ4n) is 2.87. The number of nitrogens with two attached hydrogens (primary N) is 1. The number of aromatic hydroxyl groups is 1. The van der Waals surface area contributed by atoms with Crippen molar-refractivity contribution in [2.24, 2.45) is 5.73 Å². The van der Waals surface area contributed by atoms with E-state index in [4.69, 9.17) is 5.73 Å². The lowest BCUT2D eigenvalue weighted by molar-refractivity contribution is 0.416. The van der Waals surface area contributed by atoms with E-state index in [1.807, 2.05) is 13.0 Å². The number of anilines is 1. The number of hydrogen-bond acceptors (Lipinski definition) is 5. The van der Waals surface area contributed by atoms with Crippen LogP contribution in [0.3, 0.4) is 0 Å². The first kappa shape index (κ1) is 13.9. The van der Waals surface area contributed by atoms with Crippen molar-refractivity contribution < 1.29 is 5.11 Å². The fourth-order valence-corrected chi connectivity index (χ4v) is 2.87. The predicted molar refractivity (Wildman–Crippen MR) is 82.2 cm³/mol. The maximum Gasteiger partial charge on any atom is 0.245 e. The largest absolute Gasteiger partial charge is 0.508 e. The topological polar surface area (TPSA) is 91.1 Å². The number of nitrogens with zero attached hydrogens (tertiary/aromatic N) is 3. The molecule has 21 heavy (non-hydrogen) atoms. The number of piperidine rings is 1. The number of aromatic amines is 1. The molecule has 0 amide bonds. The Labute approximate surface area is 124 Å². The van der Waals surface area contributed by atoms with Gasteiger partial charge in [-0.15, -0.1) is 5.10 Å². The predicted octanol–water partition coefficient (Wildman–Crippen LogP) is 1.80. The van der Waals surface area contributed by atoms with Gasteiger partial charge in [0, 0.05) is 24.2 Å². The molecule has 2 aromatic rings. The summed E-state index contributed by atoms with van der Waals surface area (Å²) in [6.07, 6.45) is 2.11. The van der Waals surface area contributed by atoms with Crippen LogP contribution in [0.1, 0.15) is 25.3 Å². The lowest BCUT2D eigenvalue weighted by Gasteiger charge is -2.36. The molecular weight excluding hydrogens is 266 g/mol. The second-order valence-electron chi connectivity index (χ2n) is 5.72. The molecule has 1 aromatic carbocycles. The molecule has 1 aromatic heterocycles. The van der Waals surface area contributed by atoms with Crippen LogP contribution in [0.5, 0.6) is 5.75 Å². The molecule has 6 heteroatoms. The number of nitrogens with one attached hydrogen (secondary N) is 1. The van der Waals surface area contributed by atoms with Gasteiger partial charge in [0.15, 0.2) is 5.82 Å². The Balaban J connectivity index is 1.89. The minimum absolute atomic E-state index is 0.163. The van der Waals surface area contributed by atoms with Crippen molar-refractivity contribution in [1.29, 1.82) is 0 Å². The molecule has 112 valence electrons. The van der Waals surface area contributed by atoms with Gasteiger partial charge < -0.3 is 15.7 Å². The van der Waals surface area contributed by atoms with Crippen LogP contribution in [0.15, 0.2) is 18.2 Å². The van der Waals surface area contributed by atoms with Gasteiger partial charge in [-0.2, -0.15) is 4.98 Å². The van der Waals surface area contributed by atoms with Gasteiger partial charge in [0.05, 0.1) is 0 Å². The van der Waals surface area contributed by atoms with E-state index in [2.05, 4.69) is 27.0 Å². The summed E-state index contributed by atoms with van der Waals surface area (Å²) in [4.78, 5) is 6.76. The molecule has 2 unspecified atom stereocenters. The first-order valence-electron chi connectivity index (χ1n) is 7.31. The summed E-state index contributed by atoms with van der Waals surface area (Å²) in [5, 5.41) is 16.8. The van der Waals surface area contributed by atoms with Crippen LogP contribution in [-0.4, -0.2) is 38.9 Å². The molecule has 1 aliphatic heterocycles. The van der Waals surface area contributed by atoms with E-state index in [0.717, 1.165) is 30.5 Å². The minimum atomic E-state index is 0.163. The second kappa shape index (κ2) is 5.37. The van der Waals surface area contributed by atoms with Crippen LogP contribution in [0.2, 0.25) is 0 Å². The number of H-pyrrole nitrogens is 1. The number of phenols is 1. The molecule has 0 bridgehead atoms. The molecule has 3 rings (SSSR count). The summed E-state index contributed by atoms with van der Waals surface area (Å²) in [7, 11) is 0. The van der Waals surface area contributed by atoms with Gasteiger partial charge >= 0.3 is 0 Å². The van der Waals surface area contributed by atoms with Crippen LogP contribution in [0.25, 0.3) is 11.4 Å². The Morgan fingerprint density at radius 2 is 2.24 bits per heavy atom. The van der Waals surface area contributed by atoms with Crippen molar-refractivity contribution in [2.45, 2.75) is 38.8 Å². The number of aromatic nitrogens is 3. The SMILES string of the molecule is Cc1cc(O)ccc1-c1nc(N2CCCC(N)C2C)n[nH]1. The molecule has 1 saturated heterocycles. The normalized spacial score (nSPS) is 22.5. The van der Waals surface area contributed by atoms with Crippen molar-refractivity contribution in [3.05, 3.63) is 23.8 Å². The highest BCUT2D eigenvalue weighted by atomic mass is 16.3. The lowest BCUT2D eigenvalue weighted by atomic mass is 9.99. The van der Waals surface area contributed by atoms with E-state index < -0.39 is 0 Å². The first-order chi connectivity index (χ1) is 10.1. The Hall–Kier alpha value is -2.08. The molecule has 0 saturated carbocycles. The highest BCUT2D eigenvalue weighted by Crippen LogP contribution is 2.26. The van der Waals surface area contributed by atoms with Crippen LogP contribution in [-0.2, 0) is 0 Å². The zero-order chi connectivity index (χ0) is 15.0. The average molecular weight is 287 g/mol. The quantitative estimate of drug-likeness (QED) is 0.783. The maximum absolute atomic E-state index is 9.49. The molecule has 1 fully saturated rings. The molecule has 4 N–H and O–H groups in total. The minimum Gasteiger partial charge on any atom is -0.508 e. The smallest absolute Gasteiger partial charge is 0.245 e. The van der Waals surface area contributed by atoms with Crippen molar-refractivity contribution in [1.82, 2.24) is 15.2 Å². The van der Waals surface area contributed by atoms with Crippen LogP contribution in [0, 0.1) is 6.92 Å².